The topological polar surface area (TPSA) is 37.8 Å². The minimum absolute atomic E-state index is 0.595. The maximum Gasteiger partial charge on any atom is 0.127 e. The number of halogens is 1. The predicted molar refractivity (Wildman–Crippen MR) is 124 cm³/mol. The number of aryl methyl sites for hydroxylation is 1. The summed E-state index contributed by atoms with van der Waals surface area (Å²) in [5, 5.41) is 5.34. The molecule has 4 heteroatoms. The molecule has 4 aromatic rings. The van der Waals surface area contributed by atoms with Gasteiger partial charge in [-0.3, -0.25) is 0 Å². The second kappa shape index (κ2) is 7.82. The molecule has 2 aromatic carbocycles. The van der Waals surface area contributed by atoms with Crippen molar-refractivity contribution in [3.63, 3.8) is 0 Å². The van der Waals surface area contributed by atoms with Gasteiger partial charge in [-0.25, -0.2) is 9.97 Å². The van der Waals surface area contributed by atoms with E-state index in [4.69, 9.17) is 16.6 Å². The summed E-state index contributed by atoms with van der Waals surface area (Å²) in [4.78, 5) is 9.23. The van der Waals surface area contributed by atoms with E-state index in [9.17, 15) is 0 Å². The highest BCUT2D eigenvalue weighted by Crippen LogP contribution is 2.27. The molecule has 0 bridgehead atoms. The van der Waals surface area contributed by atoms with Gasteiger partial charge in [-0.15, -0.1) is 0 Å². The van der Waals surface area contributed by atoms with Crippen LogP contribution in [-0.2, 0) is 0 Å². The van der Waals surface area contributed by atoms with Crippen LogP contribution in [0.4, 0.5) is 5.82 Å². The summed E-state index contributed by atoms with van der Waals surface area (Å²) in [6.07, 6.45) is 4.32. The molecule has 1 saturated carbocycles. The van der Waals surface area contributed by atoms with Crippen LogP contribution in [0.1, 0.15) is 29.7 Å². The number of benzene rings is 2. The smallest absolute Gasteiger partial charge is 0.127 e. The first kappa shape index (κ1) is 18.7. The third-order valence-corrected chi connectivity index (χ3v) is 5.47. The van der Waals surface area contributed by atoms with E-state index in [0.29, 0.717) is 6.04 Å². The van der Waals surface area contributed by atoms with Crippen molar-refractivity contribution in [2.75, 3.05) is 5.32 Å². The van der Waals surface area contributed by atoms with E-state index in [-0.39, 0.29) is 0 Å². The number of pyridine rings is 2. The third-order valence-electron chi connectivity index (χ3n) is 5.22. The lowest BCUT2D eigenvalue weighted by molar-refractivity contribution is 1.12. The van der Waals surface area contributed by atoms with Gasteiger partial charge in [-0.2, -0.15) is 0 Å². The van der Waals surface area contributed by atoms with Gasteiger partial charge in [0.25, 0.3) is 0 Å². The van der Waals surface area contributed by atoms with Crippen molar-refractivity contribution in [2.24, 2.45) is 0 Å². The number of hydrogen-bond acceptors (Lipinski definition) is 3. The Morgan fingerprint density at radius 2 is 1.73 bits per heavy atom. The molecule has 30 heavy (non-hydrogen) atoms. The van der Waals surface area contributed by atoms with Gasteiger partial charge < -0.3 is 5.32 Å². The minimum Gasteiger partial charge on any atom is -0.367 e. The quantitative estimate of drug-likeness (QED) is 0.407. The number of nitrogens with zero attached hydrogens (tertiary/aromatic N) is 2. The molecule has 0 atom stereocenters. The molecule has 0 spiro atoms. The fraction of sp³-hybridized carbons (Fsp3) is 0.154. The largest absolute Gasteiger partial charge is 0.367 e. The molecule has 1 aliphatic carbocycles. The van der Waals surface area contributed by atoms with Crippen molar-refractivity contribution in [3.05, 3.63) is 88.7 Å². The average molecular weight is 410 g/mol. The Bertz CT molecular complexity index is 1280. The lowest BCUT2D eigenvalue weighted by atomic mass is 10.1. The van der Waals surface area contributed by atoms with Crippen LogP contribution in [0.15, 0.2) is 66.9 Å². The van der Waals surface area contributed by atoms with Crippen molar-refractivity contribution in [2.45, 2.75) is 25.8 Å². The summed E-state index contributed by atoms with van der Waals surface area (Å²) in [5.74, 6) is 7.36. The highest BCUT2D eigenvalue weighted by atomic mass is 35.5. The van der Waals surface area contributed by atoms with Crippen LogP contribution in [0.25, 0.3) is 22.0 Å². The van der Waals surface area contributed by atoms with Gasteiger partial charge >= 0.3 is 0 Å². The van der Waals surface area contributed by atoms with E-state index in [1.54, 1.807) is 0 Å². The molecule has 0 radical (unpaired) electrons. The van der Waals surface area contributed by atoms with E-state index in [1.165, 1.54) is 18.4 Å². The average Bonchev–Trinajstić information content (AvgIpc) is 3.57. The molecule has 0 amide bonds. The SMILES string of the molecule is Cc1cc(NC2CC2)nc2ccc(C#Cc3ccc(-c4ccc(Cl)cc4)cn3)cc12. The summed E-state index contributed by atoms with van der Waals surface area (Å²) in [6, 6.07) is 20.6. The zero-order chi connectivity index (χ0) is 20.5. The van der Waals surface area contributed by atoms with Crippen molar-refractivity contribution in [3.8, 4) is 23.0 Å². The van der Waals surface area contributed by atoms with E-state index in [1.807, 2.05) is 54.7 Å². The van der Waals surface area contributed by atoms with Gasteiger partial charge in [-0.05, 0) is 79.3 Å². The van der Waals surface area contributed by atoms with Crippen LogP contribution in [0, 0.1) is 18.8 Å². The first-order valence-electron chi connectivity index (χ1n) is 10.1. The molecular weight excluding hydrogens is 390 g/mol. The molecule has 1 fully saturated rings. The Morgan fingerprint density at radius 3 is 2.47 bits per heavy atom. The Morgan fingerprint density at radius 1 is 0.933 bits per heavy atom. The fourth-order valence-electron chi connectivity index (χ4n) is 3.40. The molecule has 146 valence electrons. The third kappa shape index (κ3) is 4.15. The molecule has 0 unspecified atom stereocenters. The van der Waals surface area contributed by atoms with Crippen molar-refractivity contribution < 1.29 is 0 Å². The highest BCUT2D eigenvalue weighted by molar-refractivity contribution is 6.30. The Hall–Kier alpha value is -3.35. The maximum atomic E-state index is 5.96. The first-order chi connectivity index (χ1) is 14.6. The Balaban J connectivity index is 1.37. The normalized spacial score (nSPS) is 13.0. The predicted octanol–water partition coefficient (Wildman–Crippen LogP) is 6.23. The van der Waals surface area contributed by atoms with Gasteiger partial charge in [0.1, 0.15) is 11.5 Å². The van der Waals surface area contributed by atoms with Gasteiger partial charge in [0.2, 0.25) is 0 Å². The van der Waals surface area contributed by atoms with Crippen LogP contribution < -0.4 is 5.32 Å². The lowest BCUT2D eigenvalue weighted by Crippen LogP contribution is -2.03. The van der Waals surface area contributed by atoms with E-state index >= 15 is 0 Å². The molecule has 1 N–H and O–H groups in total. The van der Waals surface area contributed by atoms with Crippen molar-refractivity contribution in [1.82, 2.24) is 9.97 Å². The Kier molecular flexibility index (Phi) is 4.86. The second-order valence-corrected chi connectivity index (χ2v) is 8.10. The Labute approximate surface area is 181 Å². The minimum atomic E-state index is 0.595. The second-order valence-electron chi connectivity index (χ2n) is 7.66. The van der Waals surface area contributed by atoms with Crippen LogP contribution in [0.2, 0.25) is 5.02 Å². The molecule has 2 aromatic heterocycles. The lowest BCUT2D eigenvalue weighted by Gasteiger charge is -2.08. The van der Waals surface area contributed by atoms with Crippen LogP contribution >= 0.6 is 11.6 Å². The summed E-state index contributed by atoms with van der Waals surface area (Å²) in [7, 11) is 0. The first-order valence-corrected chi connectivity index (χ1v) is 10.4. The van der Waals surface area contributed by atoms with E-state index in [0.717, 1.165) is 44.1 Å². The van der Waals surface area contributed by atoms with Crippen LogP contribution in [-0.4, -0.2) is 16.0 Å². The van der Waals surface area contributed by atoms with Gasteiger partial charge in [0.15, 0.2) is 0 Å². The molecule has 3 nitrogen and oxygen atoms in total. The van der Waals surface area contributed by atoms with Crippen molar-refractivity contribution >= 4 is 28.3 Å². The zero-order valence-electron chi connectivity index (χ0n) is 16.6. The number of nitrogens with one attached hydrogen (secondary N) is 1. The summed E-state index contributed by atoms with van der Waals surface area (Å²) < 4.78 is 0. The fourth-order valence-corrected chi connectivity index (χ4v) is 3.53. The summed E-state index contributed by atoms with van der Waals surface area (Å²) >= 11 is 5.96. The highest BCUT2D eigenvalue weighted by Gasteiger charge is 2.21. The van der Waals surface area contributed by atoms with E-state index < -0.39 is 0 Å². The molecule has 0 saturated heterocycles. The van der Waals surface area contributed by atoms with Crippen LogP contribution in [0.3, 0.4) is 0 Å². The number of aromatic nitrogens is 2. The van der Waals surface area contributed by atoms with Crippen molar-refractivity contribution in [1.29, 1.82) is 0 Å². The molecular formula is C26H20ClN3. The molecule has 5 rings (SSSR count). The number of rotatable bonds is 3. The van der Waals surface area contributed by atoms with Crippen LogP contribution in [0.5, 0.6) is 0 Å². The summed E-state index contributed by atoms with van der Waals surface area (Å²) in [5.41, 5.74) is 6.02. The zero-order valence-corrected chi connectivity index (χ0v) is 17.4. The molecule has 0 aliphatic heterocycles. The monoisotopic (exact) mass is 409 g/mol. The standard InChI is InChI=1S/C26H20ClN3/c1-17-14-26(29-23-11-12-23)30-25-13-3-18(15-24(17)25)2-9-22-10-6-20(16-28-22)19-4-7-21(27)8-5-19/h3-8,10,13-16,23H,11-12H2,1H3,(H,29,30). The number of anilines is 1. The van der Waals surface area contributed by atoms with Gasteiger partial charge in [-0.1, -0.05) is 35.7 Å². The number of fused-ring (bicyclic) bond motifs is 1. The van der Waals surface area contributed by atoms with Gasteiger partial charge in [0, 0.05) is 33.8 Å². The van der Waals surface area contributed by atoms with Gasteiger partial charge in [0.05, 0.1) is 5.52 Å². The summed E-state index contributed by atoms with van der Waals surface area (Å²) in [6.45, 7) is 2.12. The molecule has 2 heterocycles. The molecule has 1 aliphatic rings. The number of hydrogen-bond donors (Lipinski definition) is 1. The maximum absolute atomic E-state index is 5.96. The van der Waals surface area contributed by atoms with E-state index in [2.05, 4.69) is 41.2 Å².